The van der Waals surface area contributed by atoms with Gasteiger partial charge in [0.2, 0.25) is 5.91 Å². The zero-order valence-corrected chi connectivity index (χ0v) is 16.9. The molecule has 3 aromatic rings. The van der Waals surface area contributed by atoms with Crippen molar-refractivity contribution in [3.05, 3.63) is 65.1 Å². The first kappa shape index (κ1) is 19.1. The van der Waals surface area contributed by atoms with Crippen molar-refractivity contribution < 1.29 is 9.53 Å². The summed E-state index contributed by atoms with van der Waals surface area (Å²) in [5.41, 5.74) is 3.92. The predicted octanol–water partition coefficient (Wildman–Crippen LogP) is 3.34. The van der Waals surface area contributed by atoms with Crippen molar-refractivity contribution in [1.82, 2.24) is 9.55 Å². The predicted molar refractivity (Wildman–Crippen MR) is 115 cm³/mol. The Labute approximate surface area is 172 Å². The van der Waals surface area contributed by atoms with Crippen molar-refractivity contribution in [3.63, 3.8) is 0 Å². The topological polar surface area (TPSA) is 80.9 Å². The summed E-state index contributed by atoms with van der Waals surface area (Å²) in [4.78, 5) is 25.0. The van der Waals surface area contributed by atoms with Crippen molar-refractivity contribution in [2.24, 2.45) is 9.98 Å². The first-order valence-corrected chi connectivity index (χ1v) is 10.2. The Hall–Kier alpha value is -3.26. The summed E-state index contributed by atoms with van der Waals surface area (Å²) in [5.74, 6) is 0.728. The van der Waals surface area contributed by atoms with Gasteiger partial charge in [0.15, 0.2) is 0 Å². The fraction of sp³-hybridized carbons (Fsp3) is 0.238. The lowest BCUT2D eigenvalue weighted by atomic mass is 10.1. The van der Waals surface area contributed by atoms with E-state index in [2.05, 4.69) is 20.3 Å². The number of carbonyl (C=O) groups is 1. The number of nitrogens with one attached hydrogen (secondary N) is 1. The number of nitrogens with zero attached hydrogens (tertiary/aromatic N) is 4. The normalized spacial score (nSPS) is 12.8. The molecule has 1 aromatic carbocycles. The van der Waals surface area contributed by atoms with E-state index < -0.39 is 0 Å². The van der Waals surface area contributed by atoms with Crippen LogP contribution in [0.4, 0.5) is 5.00 Å². The number of ether oxygens (including phenoxy) is 1. The quantitative estimate of drug-likeness (QED) is 0.622. The number of anilines is 1. The number of hydrogen-bond donors (Lipinski definition) is 1. The maximum absolute atomic E-state index is 12.5. The molecule has 4 rings (SSSR count). The molecule has 1 amide bonds. The van der Waals surface area contributed by atoms with Gasteiger partial charge in [0, 0.05) is 18.0 Å². The minimum atomic E-state index is -0.0543. The second-order valence-corrected chi connectivity index (χ2v) is 7.55. The van der Waals surface area contributed by atoms with E-state index in [9.17, 15) is 4.79 Å². The number of amides is 1. The molecule has 148 valence electrons. The Bertz CT molecular complexity index is 1040. The molecule has 7 nitrogen and oxygen atoms in total. The highest BCUT2D eigenvalue weighted by Gasteiger charge is 2.18. The molecular formula is C21H21N5O2S. The molecule has 1 aliphatic rings. The average molecular weight is 407 g/mol. The van der Waals surface area contributed by atoms with E-state index in [0.29, 0.717) is 19.6 Å². The van der Waals surface area contributed by atoms with Crippen LogP contribution in [0.15, 0.2) is 58.4 Å². The summed E-state index contributed by atoms with van der Waals surface area (Å²) < 4.78 is 7.70. The van der Waals surface area contributed by atoms with Gasteiger partial charge in [-0.3, -0.25) is 9.79 Å². The van der Waals surface area contributed by atoms with Crippen LogP contribution in [0, 0.1) is 6.92 Å². The van der Waals surface area contributed by atoms with E-state index in [4.69, 9.17) is 4.74 Å². The molecular weight excluding hydrogens is 386 g/mol. The molecule has 1 N–H and O–H groups in total. The van der Waals surface area contributed by atoms with Gasteiger partial charge >= 0.3 is 0 Å². The standard InChI is InChI=1S/C21H21N5O2S/c1-15-12-29-21(20(15)18-11-23-13-24-18)25-19(27)10-16-2-4-17(5-3-16)28-9-8-26-7-6-22-14-26/h2-7,12-14H,8-11H2,1H3,(H,25,27). The molecule has 0 fully saturated rings. The van der Waals surface area contributed by atoms with Crippen LogP contribution in [0.5, 0.6) is 5.75 Å². The van der Waals surface area contributed by atoms with Gasteiger partial charge in [-0.25, -0.2) is 9.98 Å². The number of thiophene rings is 1. The molecule has 0 spiro atoms. The number of rotatable bonds is 8. The first-order valence-electron chi connectivity index (χ1n) is 9.30. The molecule has 0 aliphatic carbocycles. The molecule has 0 bridgehead atoms. The van der Waals surface area contributed by atoms with Gasteiger partial charge in [-0.15, -0.1) is 11.3 Å². The fourth-order valence-electron chi connectivity index (χ4n) is 3.06. The van der Waals surface area contributed by atoms with Crippen LogP contribution >= 0.6 is 11.3 Å². The van der Waals surface area contributed by atoms with E-state index >= 15 is 0 Å². The molecule has 29 heavy (non-hydrogen) atoms. The van der Waals surface area contributed by atoms with E-state index in [1.165, 1.54) is 11.3 Å². The average Bonchev–Trinajstić information content (AvgIpc) is 3.46. The zero-order chi connectivity index (χ0) is 20.1. The molecule has 0 radical (unpaired) electrons. The lowest BCUT2D eigenvalue weighted by Crippen LogP contribution is -2.16. The van der Waals surface area contributed by atoms with E-state index in [0.717, 1.165) is 39.7 Å². The molecule has 0 unspecified atom stereocenters. The van der Waals surface area contributed by atoms with Gasteiger partial charge < -0.3 is 14.6 Å². The van der Waals surface area contributed by atoms with Gasteiger partial charge in [-0.1, -0.05) is 12.1 Å². The van der Waals surface area contributed by atoms with Crippen LogP contribution in [-0.4, -0.2) is 40.7 Å². The number of imidazole rings is 1. The number of carbonyl (C=O) groups excluding carboxylic acids is 1. The van der Waals surface area contributed by atoms with E-state index in [1.54, 1.807) is 18.9 Å². The van der Waals surface area contributed by atoms with Gasteiger partial charge in [-0.2, -0.15) is 0 Å². The lowest BCUT2D eigenvalue weighted by molar-refractivity contribution is -0.115. The zero-order valence-electron chi connectivity index (χ0n) is 16.0. The summed E-state index contributed by atoms with van der Waals surface area (Å²) in [6.07, 6.45) is 7.27. The van der Waals surface area contributed by atoms with Crippen molar-refractivity contribution in [2.75, 3.05) is 18.5 Å². The first-order chi connectivity index (χ1) is 14.2. The number of aliphatic imine (C=N–C) groups is 2. The molecule has 0 saturated carbocycles. The minimum Gasteiger partial charge on any atom is -0.492 e. The van der Waals surface area contributed by atoms with Crippen molar-refractivity contribution in [2.45, 2.75) is 19.9 Å². The highest BCUT2D eigenvalue weighted by atomic mass is 32.1. The number of benzene rings is 1. The van der Waals surface area contributed by atoms with Crippen LogP contribution in [0.1, 0.15) is 16.7 Å². The van der Waals surface area contributed by atoms with Gasteiger partial charge in [0.05, 0.1) is 31.5 Å². The fourth-order valence-corrected chi connectivity index (χ4v) is 4.05. The van der Waals surface area contributed by atoms with Crippen LogP contribution < -0.4 is 10.1 Å². The number of aryl methyl sites for hydroxylation is 1. The molecule has 1 aliphatic heterocycles. The van der Waals surface area contributed by atoms with Crippen LogP contribution in [-0.2, 0) is 17.8 Å². The minimum absolute atomic E-state index is 0.0543. The largest absolute Gasteiger partial charge is 0.492 e. The Morgan fingerprint density at radius 2 is 2.17 bits per heavy atom. The lowest BCUT2D eigenvalue weighted by Gasteiger charge is -2.09. The van der Waals surface area contributed by atoms with Crippen molar-refractivity contribution >= 4 is 34.3 Å². The monoisotopic (exact) mass is 407 g/mol. The third-order valence-corrected chi connectivity index (χ3v) is 5.53. The molecule has 2 aromatic heterocycles. The maximum atomic E-state index is 12.5. The SMILES string of the molecule is Cc1csc(NC(=O)Cc2ccc(OCCn3ccnc3)cc2)c1C1=NC=NC1. The summed E-state index contributed by atoms with van der Waals surface area (Å²) >= 11 is 1.52. The Balaban J connectivity index is 1.31. The second kappa shape index (κ2) is 8.83. The summed E-state index contributed by atoms with van der Waals surface area (Å²) in [5, 5.41) is 5.88. The van der Waals surface area contributed by atoms with Crippen LogP contribution in [0.2, 0.25) is 0 Å². The molecule has 0 saturated heterocycles. The molecule has 3 heterocycles. The van der Waals surface area contributed by atoms with Gasteiger partial charge in [0.25, 0.3) is 0 Å². The Morgan fingerprint density at radius 3 is 2.90 bits per heavy atom. The third kappa shape index (κ3) is 4.78. The highest BCUT2D eigenvalue weighted by molar-refractivity contribution is 7.15. The maximum Gasteiger partial charge on any atom is 0.229 e. The summed E-state index contributed by atoms with van der Waals surface area (Å²) in [7, 11) is 0. The van der Waals surface area contributed by atoms with Crippen molar-refractivity contribution in [3.8, 4) is 5.75 Å². The smallest absolute Gasteiger partial charge is 0.229 e. The number of aromatic nitrogens is 2. The second-order valence-electron chi connectivity index (χ2n) is 6.67. The Kier molecular flexibility index (Phi) is 5.81. The van der Waals surface area contributed by atoms with Crippen LogP contribution in [0.3, 0.4) is 0 Å². The summed E-state index contributed by atoms with van der Waals surface area (Å²) in [6.45, 7) is 3.88. The third-order valence-electron chi connectivity index (χ3n) is 4.52. The van der Waals surface area contributed by atoms with Gasteiger partial charge in [0.1, 0.15) is 23.7 Å². The van der Waals surface area contributed by atoms with Crippen LogP contribution in [0.25, 0.3) is 0 Å². The van der Waals surface area contributed by atoms with Crippen molar-refractivity contribution in [1.29, 1.82) is 0 Å². The Morgan fingerprint density at radius 1 is 1.31 bits per heavy atom. The number of hydrogen-bond acceptors (Lipinski definition) is 6. The highest BCUT2D eigenvalue weighted by Crippen LogP contribution is 2.29. The molecule has 8 heteroatoms. The van der Waals surface area contributed by atoms with E-state index in [1.807, 2.05) is 47.3 Å². The van der Waals surface area contributed by atoms with E-state index in [-0.39, 0.29) is 5.91 Å². The molecule has 0 atom stereocenters. The summed E-state index contributed by atoms with van der Waals surface area (Å²) in [6, 6.07) is 7.62. The van der Waals surface area contributed by atoms with Gasteiger partial charge in [-0.05, 0) is 35.6 Å².